The Hall–Kier alpha value is -2.69. The average Bonchev–Trinajstić information content (AvgIpc) is 3.06. The lowest BCUT2D eigenvalue weighted by Gasteiger charge is -2.09. The van der Waals surface area contributed by atoms with Crippen LogP contribution < -0.4 is 5.32 Å². The number of halogens is 1. The Balaban J connectivity index is 1.42. The predicted molar refractivity (Wildman–Crippen MR) is 90.2 cm³/mol. The summed E-state index contributed by atoms with van der Waals surface area (Å²) in [6.45, 7) is 0.565. The SMILES string of the molecule is O=C(NCCc1ccccc1)[C@@H]1CC(Cc2ccc(F)cc2)=NO1. The van der Waals surface area contributed by atoms with Crippen LogP contribution in [0.5, 0.6) is 0 Å². The fourth-order valence-electron chi connectivity index (χ4n) is 2.60. The van der Waals surface area contributed by atoms with Crippen LogP contribution in [0.25, 0.3) is 0 Å². The van der Waals surface area contributed by atoms with E-state index in [1.165, 1.54) is 17.7 Å². The molecule has 0 aliphatic carbocycles. The molecule has 0 spiro atoms. The van der Waals surface area contributed by atoms with Gasteiger partial charge < -0.3 is 10.2 Å². The van der Waals surface area contributed by atoms with Crippen molar-refractivity contribution in [1.82, 2.24) is 5.32 Å². The van der Waals surface area contributed by atoms with Crippen LogP contribution in [0, 0.1) is 5.82 Å². The molecule has 0 fully saturated rings. The lowest BCUT2D eigenvalue weighted by atomic mass is 10.0. The molecule has 2 aromatic carbocycles. The Morgan fingerprint density at radius 3 is 2.62 bits per heavy atom. The van der Waals surface area contributed by atoms with Crippen molar-refractivity contribution in [3.63, 3.8) is 0 Å². The van der Waals surface area contributed by atoms with Crippen molar-refractivity contribution in [3.05, 3.63) is 71.5 Å². The number of amides is 1. The van der Waals surface area contributed by atoms with Gasteiger partial charge in [0, 0.05) is 19.4 Å². The smallest absolute Gasteiger partial charge is 0.264 e. The van der Waals surface area contributed by atoms with Crippen LogP contribution in [0.1, 0.15) is 17.5 Å². The summed E-state index contributed by atoms with van der Waals surface area (Å²) in [5.74, 6) is -0.414. The number of hydrogen-bond acceptors (Lipinski definition) is 3. The molecule has 1 heterocycles. The normalized spacial score (nSPS) is 16.4. The highest BCUT2D eigenvalue weighted by Gasteiger charge is 2.27. The van der Waals surface area contributed by atoms with Crippen molar-refractivity contribution in [3.8, 4) is 0 Å². The number of oxime groups is 1. The zero-order chi connectivity index (χ0) is 16.8. The van der Waals surface area contributed by atoms with Crippen molar-refractivity contribution in [2.45, 2.75) is 25.4 Å². The maximum atomic E-state index is 12.9. The van der Waals surface area contributed by atoms with Gasteiger partial charge in [-0.2, -0.15) is 0 Å². The van der Waals surface area contributed by atoms with E-state index in [-0.39, 0.29) is 11.7 Å². The van der Waals surface area contributed by atoms with Gasteiger partial charge in [0.15, 0.2) is 0 Å². The summed E-state index contributed by atoms with van der Waals surface area (Å²) in [6, 6.07) is 16.2. The van der Waals surface area contributed by atoms with Gasteiger partial charge >= 0.3 is 0 Å². The summed E-state index contributed by atoms with van der Waals surface area (Å²) in [7, 11) is 0. The minimum Gasteiger partial charge on any atom is -0.382 e. The molecule has 2 aromatic rings. The van der Waals surface area contributed by atoms with Crippen LogP contribution in [0.2, 0.25) is 0 Å². The first-order valence-corrected chi connectivity index (χ1v) is 7.98. The number of nitrogens with one attached hydrogen (secondary N) is 1. The van der Waals surface area contributed by atoms with Crippen molar-refractivity contribution in [2.24, 2.45) is 5.16 Å². The van der Waals surface area contributed by atoms with E-state index in [2.05, 4.69) is 10.5 Å². The van der Waals surface area contributed by atoms with Crippen molar-refractivity contribution < 1.29 is 14.0 Å². The van der Waals surface area contributed by atoms with E-state index in [0.717, 1.165) is 17.7 Å². The molecule has 4 nitrogen and oxygen atoms in total. The summed E-state index contributed by atoms with van der Waals surface area (Å²) in [6.07, 6.45) is 1.24. The second kappa shape index (κ2) is 7.73. The largest absolute Gasteiger partial charge is 0.382 e. The summed E-state index contributed by atoms with van der Waals surface area (Å²) < 4.78 is 12.9. The second-order valence-corrected chi connectivity index (χ2v) is 5.79. The Bertz CT molecular complexity index is 714. The van der Waals surface area contributed by atoms with E-state index in [1.807, 2.05) is 30.3 Å². The van der Waals surface area contributed by atoms with Gasteiger partial charge in [-0.3, -0.25) is 4.79 Å². The van der Waals surface area contributed by atoms with Crippen molar-refractivity contribution in [2.75, 3.05) is 6.54 Å². The first kappa shape index (κ1) is 16.2. The van der Waals surface area contributed by atoms with Gasteiger partial charge in [-0.1, -0.05) is 47.6 Å². The number of benzene rings is 2. The molecular weight excluding hydrogens is 307 g/mol. The second-order valence-electron chi connectivity index (χ2n) is 5.79. The van der Waals surface area contributed by atoms with Crippen LogP contribution in [-0.4, -0.2) is 24.3 Å². The van der Waals surface area contributed by atoms with Gasteiger partial charge in [0.05, 0.1) is 5.71 Å². The van der Waals surface area contributed by atoms with Gasteiger partial charge in [-0.25, -0.2) is 4.39 Å². The maximum Gasteiger partial charge on any atom is 0.264 e. The predicted octanol–water partition coefficient (Wildman–Crippen LogP) is 2.87. The van der Waals surface area contributed by atoms with Gasteiger partial charge in [-0.05, 0) is 29.7 Å². The van der Waals surface area contributed by atoms with Crippen LogP contribution in [0.15, 0.2) is 59.8 Å². The zero-order valence-corrected chi connectivity index (χ0v) is 13.2. The topological polar surface area (TPSA) is 50.7 Å². The molecule has 3 rings (SSSR count). The fraction of sp³-hybridized carbons (Fsp3) is 0.263. The van der Waals surface area contributed by atoms with Gasteiger partial charge in [0.1, 0.15) is 5.82 Å². The molecular formula is C19H19FN2O2. The molecule has 0 aromatic heterocycles. The molecule has 1 N–H and O–H groups in total. The quantitative estimate of drug-likeness (QED) is 0.887. The van der Waals surface area contributed by atoms with E-state index in [0.29, 0.717) is 19.4 Å². The van der Waals surface area contributed by atoms with Crippen LogP contribution in [-0.2, 0) is 22.5 Å². The highest BCUT2D eigenvalue weighted by molar-refractivity contribution is 5.93. The van der Waals surface area contributed by atoms with Gasteiger partial charge in [0.2, 0.25) is 6.10 Å². The molecule has 0 unspecified atom stereocenters. The van der Waals surface area contributed by atoms with Gasteiger partial charge in [0.25, 0.3) is 5.91 Å². The monoisotopic (exact) mass is 326 g/mol. The minimum absolute atomic E-state index is 0.149. The Morgan fingerprint density at radius 2 is 1.88 bits per heavy atom. The average molecular weight is 326 g/mol. The first-order chi connectivity index (χ1) is 11.7. The van der Waals surface area contributed by atoms with Crippen LogP contribution in [0.3, 0.4) is 0 Å². The van der Waals surface area contributed by atoms with Crippen molar-refractivity contribution in [1.29, 1.82) is 0 Å². The van der Waals surface area contributed by atoms with E-state index in [1.54, 1.807) is 12.1 Å². The fourth-order valence-corrected chi connectivity index (χ4v) is 2.60. The lowest BCUT2D eigenvalue weighted by molar-refractivity contribution is -0.131. The number of rotatable bonds is 6. The van der Waals surface area contributed by atoms with E-state index in [9.17, 15) is 9.18 Å². The highest BCUT2D eigenvalue weighted by Crippen LogP contribution is 2.15. The molecule has 1 atom stereocenters. The molecule has 0 saturated heterocycles. The summed E-state index contributed by atoms with van der Waals surface area (Å²) in [4.78, 5) is 17.3. The number of hydrogen-bond donors (Lipinski definition) is 1. The summed E-state index contributed by atoms with van der Waals surface area (Å²) >= 11 is 0. The third kappa shape index (κ3) is 4.41. The van der Waals surface area contributed by atoms with Gasteiger partial charge in [-0.15, -0.1) is 0 Å². The molecule has 0 radical (unpaired) electrons. The van der Waals surface area contributed by atoms with Crippen LogP contribution in [0.4, 0.5) is 4.39 Å². The molecule has 0 bridgehead atoms. The molecule has 1 amide bonds. The Kier molecular flexibility index (Phi) is 5.21. The molecule has 1 aliphatic heterocycles. The van der Waals surface area contributed by atoms with E-state index in [4.69, 9.17) is 4.84 Å². The van der Waals surface area contributed by atoms with Crippen LogP contribution >= 0.6 is 0 Å². The van der Waals surface area contributed by atoms with E-state index >= 15 is 0 Å². The molecule has 5 heteroatoms. The summed E-state index contributed by atoms with van der Waals surface area (Å²) in [5, 5.41) is 6.86. The molecule has 24 heavy (non-hydrogen) atoms. The molecule has 0 saturated carbocycles. The lowest BCUT2D eigenvalue weighted by Crippen LogP contribution is -2.36. The minimum atomic E-state index is -0.573. The zero-order valence-electron chi connectivity index (χ0n) is 13.2. The third-order valence-electron chi connectivity index (χ3n) is 3.90. The number of carbonyl (C=O) groups is 1. The molecule has 1 aliphatic rings. The standard InChI is InChI=1S/C19H19FN2O2/c20-16-8-6-15(7-9-16)12-17-13-18(24-22-17)19(23)21-11-10-14-4-2-1-3-5-14/h1-9,18H,10-13H2,(H,21,23)/t18-/m0/s1. The summed E-state index contributed by atoms with van der Waals surface area (Å²) in [5.41, 5.74) is 2.92. The number of nitrogens with zero attached hydrogens (tertiary/aromatic N) is 1. The molecule has 124 valence electrons. The highest BCUT2D eigenvalue weighted by atomic mass is 19.1. The maximum absolute atomic E-state index is 12.9. The Labute approximate surface area is 140 Å². The third-order valence-corrected chi connectivity index (χ3v) is 3.90. The number of carbonyl (C=O) groups excluding carboxylic acids is 1. The van der Waals surface area contributed by atoms with E-state index < -0.39 is 6.10 Å². The van der Waals surface area contributed by atoms with Crippen molar-refractivity contribution >= 4 is 11.6 Å². The first-order valence-electron chi connectivity index (χ1n) is 7.98. The Morgan fingerprint density at radius 1 is 1.12 bits per heavy atom.